The van der Waals surface area contributed by atoms with Crippen molar-refractivity contribution in [2.45, 2.75) is 44.3 Å². The van der Waals surface area contributed by atoms with Crippen LogP contribution in [0.5, 0.6) is 0 Å². The molecule has 0 spiro atoms. The Morgan fingerprint density at radius 1 is 1.38 bits per heavy atom. The van der Waals surface area contributed by atoms with Gasteiger partial charge in [-0.05, 0) is 17.5 Å². The zero-order chi connectivity index (χ0) is 17.4. The first-order valence-corrected chi connectivity index (χ1v) is 9.48. The SMILES string of the molecule is CC(C)[C@@H](C(=O)N1C[C@H](OI)C[C@H]1S)N1Cc2ccccc2C1=O. The van der Waals surface area contributed by atoms with Crippen molar-refractivity contribution in [1.29, 1.82) is 0 Å². The number of fused-ring (bicyclic) bond motifs is 1. The summed E-state index contributed by atoms with van der Waals surface area (Å²) in [5.41, 5.74) is 1.69. The van der Waals surface area contributed by atoms with Gasteiger partial charge in [0.05, 0.1) is 11.5 Å². The Morgan fingerprint density at radius 3 is 2.67 bits per heavy atom. The van der Waals surface area contributed by atoms with Crippen LogP contribution in [-0.2, 0) is 14.4 Å². The molecule has 5 nitrogen and oxygen atoms in total. The summed E-state index contributed by atoms with van der Waals surface area (Å²) in [7, 11) is 0. The molecule has 2 amide bonds. The van der Waals surface area contributed by atoms with E-state index in [9.17, 15) is 9.59 Å². The van der Waals surface area contributed by atoms with E-state index in [1.165, 1.54) is 0 Å². The summed E-state index contributed by atoms with van der Waals surface area (Å²) >= 11 is 6.40. The summed E-state index contributed by atoms with van der Waals surface area (Å²) in [5, 5.41) is -0.168. The molecule has 0 radical (unpaired) electrons. The summed E-state index contributed by atoms with van der Waals surface area (Å²) in [6.07, 6.45) is 0.702. The number of hydrogen-bond donors (Lipinski definition) is 1. The fourth-order valence-corrected chi connectivity index (χ4v) is 4.34. The molecule has 0 saturated carbocycles. The Bertz CT molecular complexity index is 654. The first-order chi connectivity index (χ1) is 11.4. The molecule has 2 aliphatic heterocycles. The second-order valence-electron chi connectivity index (χ2n) is 6.70. The second-order valence-corrected chi connectivity index (χ2v) is 7.80. The molecule has 130 valence electrons. The molecular weight excluding hydrogens is 439 g/mol. The van der Waals surface area contributed by atoms with Crippen LogP contribution in [0.2, 0.25) is 0 Å². The van der Waals surface area contributed by atoms with Gasteiger partial charge in [0.2, 0.25) is 5.91 Å². The van der Waals surface area contributed by atoms with Gasteiger partial charge in [-0.2, -0.15) is 12.6 Å². The molecule has 1 saturated heterocycles. The molecule has 7 heteroatoms. The van der Waals surface area contributed by atoms with Gasteiger partial charge in [-0.1, -0.05) is 32.0 Å². The van der Waals surface area contributed by atoms with Gasteiger partial charge in [0.25, 0.3) is 5.91 Å². The Balaban J connectivity index is 1.84. The maximum atomic E-state index is 13.2. The Labute approximate surface area is 161 Å². The topological polar surface area (TPSA) is 49.9 Å². The summed E-state index contributed by atoms with van der Waals surface area (Å²) in [6, 6.07) is 7.09. The molecule has 3 rings (SSSR count). The molecule has 1 fully saturated rings. The predicted octanol–water partition coefficient (Wildman–Crippen LogP) is 2.89. The number of nitrogens with zero attached hydrogens (tertiary/aromatic N) is 2. The van der Waals surface area contributed by atoms with Crippen LogP contribution < -0.4 is 0 Å². The lowest BCUT2D eigenvalue weighted by molar-refractivity contribution is -0.137. The van der Waals surface area contributed by atoms with Gasteiger partial charge in [0.1, 0.15) is 29.0 Å². The third kappa shape index (κ3) is 3.17. The minimum absolute atomic E-state index is 0.00339. The number of likely N-dealkylation sites (tertiary alicyclic amines) is 1. The maximum Gasteiger partial charge on any atom is 0.255 e. The first-order valence-electron chi connectivity index (χ1n) is 8.08. The van der Waals surface area contributed by atoms with Crippen molar-refractivity contribution in [1.82, 2.24) is 9.80 Å². The first kappa shape index (κ1) is 18.0. The van der Waals surface area contributed by atoms with E-state index in [1.54, 1.807) is 9.80 Å². The molecule has 2 heterocycles. The highest BCUT2D eigenvalue weighted by Gasteiger charge is 2.43. The van der Waals surface area contributed by atoms with E-state index in [-0.39, 0.29) is 29.2 Å². The van der Waals surface area contributed by atoms with Crippen LogP contribution in [0.1, 0.15) is 36.2 Å². The lowest BCUT2D eigenvalue weighted by Gasteiger charge is -2.34. The van der Waals surface area contributed by atoms with Crippen molar-refractivity contribution in [2.75, 3.05) is 6.54 Å². The molecule has 0 unspecified atom stereocenters. The zero-order valence-electron chi connectivity index (χ0n) is 13.7. The Hall–Kier alpha value is -0.800. The monoisotopic (exact) mass is 460 g/mol. The molecule has 0 N–H and O–H groups in total. The predicted molar refractivity (Wildman–Crippen MR) is 103 cm³/mol. The van der Waals surface area contributed by atoms with Crippen molar-refractivity contribution in [3.05, 3.63) is 35.4 Å². The third-order valence-corrected chi connectivity index (χ3v) is 5.92. The highest BCUT2D eigenvalue weighted by molar-refractivity contribution is 14.1. The summed E-state index contributed by atoms with van der Waals surface area (Å²) in [6.45, 7) is 4.97. The molecule has 0 aliphatic carbocycles. The van der Waals surface area contributed by atoms with Gasteiger partial charge in [-0.25, -0.2) is 0 Å². The van der Waals surface area contributed by atoms with Gasteiger partial charge in [0.15, 0.2) is 0 Å². The average molecular weight is 460 g/mol. The number of hydrogen-bond acceptors (Lipinski definition) is 4. The number of halogens is 1. The van der Waals surface area contributed by atoms with Crippen LogP contribution in [0.4, 0.5) is 0 Å². The van der Waals surface area contributed by atoms with E-state index < -0.39 is 6.04 Å². The van der Waals surface area contributed by atoms with E-state index in [0.29, 0.717) is 25.1 Å². The molecule has 3 atom stereocenters. The number of amides is 2. The number of carbonyl (C=O) groups is 2. The summed E-state index contributed by atoms with van der Waals surface area (Å²) < 4.78 is 5.35. The summed E-state index contributed by atoms with van der Waals surface area (Å²) in [4.78, 5) is 29.4. The quantitative estimate of drug-likeness (QED) is 0.556. The van der Waals surface area contributed by atoms with Crippen LogP contribution in [0.25, 0.3) is 0 Å². The Morgan fingerprint density at radius 2 is 2.08 bits per heavy atom. The van der Waals surface area contributed by atoms with E-state index in [1.807, 2.05) is 61.1 Å². The number of thiol groups is 1. The third-order valence-electron chi connectivity index (χ3n) is 4.71. The van der Waals surface area contributed by atoms with Gasteiger partial charge in [0, 0.05) is 25.1 Å². The molecule has 24 heavy (non-hydrogen) atoms. The fourth-order valence-electron chi connectivity index (χ4n) is 3.53. The zero-order valence-corrected chi connectivity index (χ0v) is 16.7. The highest BCUT2D eigenvalue weighted by Crippen LogP contribution is 2.31. The second kappa shape index (κ2) is 7.21. The van der Waals surface area contributed by atoms with Gasteiger partial charge in [-0.3, -0.25) is 9.59 Å². The largest absolute Gasteiger partial charge is 0.326 e. The lowest BCUT2D eigenvalue weighted by atomic mass is 10.0. The normalized spacial score (nSPS) is 24.6. The average Bonchev–Trinajstić information content (AvgIpc) is 3.08. The molecule has 1 aromatic carbocycles. The van der Waals surface area contributed by atoms with E-state index in [4.69, 9.17) is 3.07 Å². The van der Waals surface area contributed by atoms with Crippen LogP contribution >= 0.6 is 35.6 Å². The number of rotatable bonds is 4. The summed E-state index contributed by atoms with van der Waals surface area (Å²) in [5.74, 6) is -0.0766. The number of benzene rings is 1. The van der Waals surface area contributed by atoms with E-state index in [2.05, 4.69) is 12.6 Å². The van der Waals surface area contributed by atoms with Gasteiger partial charge in [-0.15, -0.1) is 0 Å². The van der Waals surface area contributed by atoms with Crippen LogP contribution in [0.15, 0.2) is 24.3 Å². The Kier molecular flexibility index (Phi) is 5.41. The molecule has 0 bridgehead atoms. The smallest absolute Gasteiger partial charge is 0.255 e. The number of carbonyl (C=O) groups excluding carboxylic acids is 2. The highest BCUT2D eigenvalue weighted by atomic mass is 127. The van der Waals surface area contributed by atoms with Crippen LogP contribution in [-0.4, -0.2) is 45.7 Å². The maximum absolute atomic E-state index is 13.2. The van der Waals surface area contributed by atoms with E-state index in [0.717, 1.165) is 5.56 Å². The van der Waals surface area contributed by atoms with Crippen LogP contribution in [0, 0.1) is 5.92 Å². The lowest BCUT2D eigenvalue weighted by Crippen LogP contribution is -2.52. The molecular formula is C17H21IN2O3S. The van der Waals surface area contributed by atoms with Crippen LogP contribution in [0.3, 0.4) is 0 Å². The van der Waals surface area contributed by atoms with Crippen molar-refractivity contribution in [3.63, 3.8) is 0 Å². The van der Waals surface area contributed by atoms with Crippen molar-refractivity contribution < 1.29 is 12.7 Å². The molecule has 1 aromatic rings. The van der Waals surface area contributed by atoms with Crippen molar-refractivity contribution in [3.8, 4) is 0 Å². The molecule has 2 aliphatic rings. The fraction of sp³-hybridized carbons (Fsp3) is 0.529. The standard InChI is InChI=1S/C17H21IN2O3S/c1-10(2)15(17(22)19-9-12(23-18)7-14(19)24)20-8-11-5-3-4-6-13(11)16(20)21/h3-6,10,12,14-15,24H,7-9H2,1-2H3/t12-,14-,15+/m1/s1. The van der Waals surface area contributed by atoms with Gasteiger partial charge >= 0.3 is 0 Å². The van der Waals surface area contributed by atoms with E-state index >= 15 is 0 Å². The van der Waals surface area contributed by atoms with Crippen molar-refractivity contribution >= 4 is 47.4 Å². The molecule has 0 aromatic heterocycles. The van der Waals surface area contributed by atoms with Gasteiger partial charge < -0.3 is 12.9 Å². The van der Waals surface area contributed by atoms with Crippen molar-refractivity contribution in [2.24, 2.45) is 5.92 Å². The minimum Gasteiger partial charge on any atom is -0.326 e. The minimum atomic E-state index is -0.479.